The first-order valence-electron chi connectivity index (χ1n) is 5.80. The van der Waals surface area contributed by atoms with Gasteiger partial charge in [-0.05, 0) is 19.4 Å². The molecule has 0 saturated carbocycles. The molecule has 1 unspecified atom stereocenters. The molecule has 0 aromatic rings. The van der Waals surface area contributed by atoms with Crippen LogP contribution in [-0.2, 0) is 0 Å². The lowest BCUT2D eigenvalue weighted by atomic mass is 9.95. The molecular formula is C13H23F2NO. The van der Waals surface area contributed by atoms with E-state index in [-0.39, 0.29) is 12.1 Å². The van der Waals surface area contributed by atoms with E-state index < -0.39 is 6.17 Å². The van der Waals surface area contributed by atoms with Gasteiger partial charge in [-0.25, -0.2) is 4.39 Å². The predicted molar refractivity (Wildman–Crippen MR) is 67.6 cm³/mol. The molecule has 2 fully saturated rings. The molecule has 0 aromatic heterocycles. The van der Waals surface area contributed by atoms with Crippen molar-refractivity contribution in [1.29, 1.82) is 0 Å². The number of aliphatic hydroxyl groups excluding tert-OH is 1. The van der Waals surface area contributed by atoms with Crippen LogP contribution in [0, 0.1) is 0 Å². The first-order chi connectivity index (χ1) is 8.18. The van der Waals surface area contributed by atoms with Crippen molar-refractivity contribution in [3.8, 4) is 0 Å². The number of fused-ring (bicyclic) bond motifs is 1. The second-order valence-electron chi connectivity index (χ2n) is 4.20. The summed E-state index contributed by atoms with van der Waals surface area (Å²) >= 11 is 0. The van der Waals surface area contributed by atoms with Crippen LogP contribution in [-0.4, -0.2) is 48.6 Å². The molecule has 2 aliphatic rings. The van der Waals surface area contributed by atoms with E-state index in [0.717, 1.165) is 19.4 Å². The molecule has 2 aliphatic heterocycles. The SMILES string of the molecule is C=CC=C.CF.OCC12CCCN1C[C@@H](F)C2. The molecule has 2 nitrogen and oxygen atoms in total. The van der Waals surface area contributed by atoms with Gasteiger partial charge in [-0.1, -0.05) is 25.3 Å². The minimum atomic E-state index is -0.706. The Morgan fingerprint density at radius 3 is 2.41 bits per heavy atom. The molecule has 0 radical (unpaired) electrons. The van der Waals surface area contributed by atoms with Gasteiger partial charge in [0.2, 0.25) is 0 Å². The number of rotatable bonds is 2. The lowest BCUT2D eigenvalue weighted by Gasteiger charge is -2.28. The summed E-state index contributed by atoms with van der Waals surface area (Å²) in [5, 5.41) is 9.14. The Labute approximate surface area is 103 Å². The molecular weight excluding hydrogens is 224 g/mol. The molecule has 0 aliphatic carbocycles. The van der Waals surface area contributed by atoms with Gasteiger partial charge in [-0.2, -0.15) is 0 Å². The normalized spacial score (nSPS) is 30.5. The first kappa shape index (κ1) is 16.3. The van der Waals surface area contributed by atoms with Crippen molar-refractivity contribution in [3.05, 3.63) is 25.3 Å². The molecule has 2 atom stereocenters. The zero-order valence-corrected chi connectivity index (χ0v) is 10.5. The predicted octanol–water partition coefficient (Wildman–Crippen LogP) is 2.50. The standard InChI is InChI=1S/C8H14FNO.C4H6.CH3F/c9-7-4-8(6-11)2-1-3-10(8)5-7;1-3-4-2;1-2/h7,11H,1-6H2;3-4H,1-2H2;1H3/t7-,8?;;/m0../s1. The van der Waals surface area contributed by atoms with Gasteiger partial charge in [0, 0.05) is 18.5 Å². The number of alkyl halides is 2. The fourth-order valence-electron chi connectivity index (χ4n) is 2.47. The summed E-state index contributed by atoms with van der Waals surface area (Å²) in [5.74, 6) is 0. The van der Waals surface area contributed by atoms with Gasteiger partial charge in [0.25, 0.3) is 0 Å². The Bertz CT molecular complexity index is 229. The molecule has 17 heavy (non-hydrogen) atoms. The van der Waals surface area contributed by atoms with E-state index in [9.17, 15) is 8.78 Å². The second kappa shape index (κ2) is 8.37. The Morgan fingerprint density at radius 2 is 2.00 bits per heavy atom. The lowest BCUT2D eigenvalue weighted by molar-refractivity contribution is 0.0996. The summed E-state index contributed by atoms with van der Waals surface area (Å²) < 4.78 is 22.4. The maximum Gasteiger partial charge on any atom is 0.115 e. The van der Waals surface area contributed by atoms with Crippen LogP contribution >= 0.6 is 0 Å². The Kier molecular flexibility index (Phi) is 8.00. The third-order valence-electron chi connectivity index (χ3n) is 3.22. The van der Waals surface area contributed by atoms with Crippen molar-refractivity contribution in [2.45, 2.75) is 31.0 Å². The maximum atomic E-state index is 12.9. The van der Waals surface area contributed by atoms with Gasteiger partial charge < -0.3 is 5.11 Å². The molecule has 0 spiro atoms. The van der Waals surface area contributed by atoms with Crippen LogP contribution in [0.25, 0.3) is 0 Å². The average Bonchev–Trinajstić information content (AvgIpc) is 2.88. The fourth-order valence-corrected chi connectivity index (χ4v) is 2.47. The summed E-state index contributed by atoms with van der Waals surface area (Å²) in [6.07, 6.45) is 5.21. The van der Waals surface area contributed by atoms with E-state index in [1.54, 1.807) is 12.2 Å². The van der Waals surface area contributed by atoms with Crippen LogP contribution in [0.5, 0.6) is 0 Å². The van der Waals surface area contributed by atoms with Crippen molar-refractivity contribution >= 4 is 0 Å². The van der Waals surface area contributed by atoms with E-state index >= 15 is 0 Å². The van der Waals surface area contributed by atoms with Crippen molar-refractivity contribution in [2.75, 3.05) is 26.9 Å². The number of hydrogen-bond donors (Lipinski definition) is 1. The summed E-state index contributed by atoms with van der Waals surface area (Å²) in [4.78, 5) is 2.11. The van der Waals surface area contributed by atoms with Crippen LogP contribution in [0.15, 0.2) is 25.3 Å². The highest BCUT2D eigenvalue weighted by molar-refractivity contribution is 5.03. The molecule has 2 rings (SSSR count). The fraction of sp³-hybridized carbons (Fsp3) is 0.692. The highest BCUT2D eigenvalue weighted by Gasteiger charge is 2.47. The van der Waals surface area contributed by atoms with Crippen LogP contribution in [0.1, 0.15) is 19.3 Å². The Hall–Kier alpha value is -0.740. The minimum Gasteiger partial charge on any atom is -0.394 e. The molecule has 0 bridgehead atoms. The number of hydrogen-bond acceptors (Lipinski definition) is 2. The molecule has 0 aromatic carbocycles. The maximum absolute atomic E-state index is 12.9. The van der Waals surface area contributed by atoms with Crippen molar-refractivity contribution in [3.63, 3.8) is 0 Å². The van der Waals surface area contributed by atoms with Crippen LogP contribution < -0.4 is 0 Å². The molecule has 4 heteroatoms. The molecule has 0 amide bonds. The van der Waals surface area contributed by atoms with E-state index in [4.69, 9.17) is 5.11 Å². The summed E-state index contributed by atoms with van der Waals surface area (Å²) in [5.41, 5.74) is -0.167. The zero-order valence-electron chi connectivity index (χ0n) is 10.5. The topological polar surface area (TPSA) is 23.5 Å². The van der Waals surface area contributed by atoms with E-state index in [1.165, 1.54) is 0 Å². The third-order valence-corrected chi connectivity index (χ3v) is 3.22. The largest absolute Gasteiger partial charge is 0.394 e. The number of aliphatic hydroxyl groups is 1. The number of nitrogens with zero attached hydrogens (tertiary/aromatic N) is 1. The molecule has 1 N–H and O–H groups in total. The average molecular weight is 247 g/mol. The summed E-state index contributed by atoms with van der Waals surface area (Å²) in [7, 11) is 0.500. The minimum absolute atomic E-state index is 0.132. The van der Waals surface area contributed by atoms with Gasteiger partial charge in [-0.3, -0.25) is 9.29 Å². The van der Waals surface area contributed by atoms with Crippen molar-refractivity contribution in [2.24, 2.45) is 0 Å². The van der Waals surface area contributed by atoms with Gasteiger partial charge in [0.05, 0.1) is 13.8 Å². The van der Waals surface area contributed by atoms with E-state index in [1.807, 2.05) is 0 Å². The second-order valence-corrected chi connectivity index (χ2v) is 4.20. The van der Waals surface area contributed by atoms with Gasteiger partial charge in [-0.15, -0.1) is 0 Å². The molecule has 100 valence electrons. The van der Waals surface area contributed by atoms with Crippen molar-refractivity contribution < 1.29 is 13.9 Å². The monoisotopic (exact) mass is 247 g/mol. The van der Waals surface area contributed by atoms with Crippen LogP contribution in [0.4, 0.5) is 8.78 Å². The van der Waals surface area contributed by atoms with Crippen LogP contribution in [0.2, 0.25) is 0 Å². The highest BCUT2D eigenvalue weighted by atomic mass is 19.1. The Morgan fingerprint density at radius 1 is 1.41 bits per heavy atom. The van der Waals surface area contributed by atoms with Crippen molar-refractivity contribution in [1.82, 2.24) is 4.90 Å². The van der Waals surface area contributed by atoms with E-state index in [2.05, 4.69) is 18.1 Å². The number of halogens is 2. The molecule has 2 saturated heterocycles. The highest BCUT2D eigenvalue weighted by Crippen LogP contribution is 2.39. The quantitative estimate of drug-likeness (QED) is 0.758. The van der Waals surface area contributed by atoms with E-state index in [0.29, 0.717) is 20.1 Å². The zero-order chi connectivity index (χ0) is 13.3. The van der Waals surface area contributed by atoms with Crippen LogP contribution in [0.3, 0.4) is 0 Å². The summed E-state index contributed by atoms with van der Waals surface area (Å²) in [6, 6.07) is 0. The third kappa shape index (κ3) is 4.21. The lowest BCUT2D eigenvalue weighted by Crippen LogP contribution is -2.41. The Balaban J connectivity index is 0.000000368. The first-order valence-corrected chi connectivity index (χ1v) is 5.80. The van der Waals surface area contributed by atoms with Gasteiger partial charge in [0.15, 0.2) is 0 Å². The molecule has 2 heterocycles. The van der Waals surface area contributed by atoms with Gasteiger partial charge >= 0.3 is 0 Å². The van der Waals surface area contributed by atoms with Gasteiger partial charge in [0.1, 0.15) is 6.17 Å². The smallest absolute Gasteiger partial charge is 0.115 e. The number of allylic oxidation sites excluding steroid dienone is 2. The summed E-state index contributed by atoms with van der Waals surface area (Å²) in [6.45, 7) is 8.37.